The summed E-state index contributed by atoms with van der Waals surface area (Å²) in [6.07, 6.45) is 1.30. The van der Waals surface area contributed by atoms with Gasteiger partial charge in [0.25, 0.3) is 5.91 Å². The lowest BCUT2D eigenvalue weighted by Gasteiger charge is -2.20. The third-order valence-corrected chi connectivity index (χ3v) is 5.28. The van der Waals surface area contributed by atoms with Crippen LogP contribution in [0.2, 0.25) is 0 Å². The van der Waals surface area contributed by atoms with E-state index >= 15 is 0 Å². The van der Waals surface area contributed by atoms with Gasteiger partial charge in [-0.25, -0.2) is 0 Å². The predicted molar refractivity (Wildman–Crippen MR) is 134 cm³/mol. The number of nitrogens with one attached hydrogen (secondary N) is 2. The lowest BCUT2D eigenvalue weighted by atomic mass is 10.00. The zero-order chi connectivity index (χ0) is 25.1. The lowest BCUT2D eigenvalue weighted by molar-refractivity contribution is -0.123. The highest BCUT2D eigenvalue weighted by molar-refractivity contribution is 5.99. The Morgan fingerprint density at radius 2 is 1.62 bits per heavy atom. The van der Waals surface area contributed by atoms with Gasteiger partial charge in [0.05, 0.1) is 26.4 Å². The minimum atomic E-state index is -0.623. The van der Waals surface area contributed by atoms with Crippen LogP contribution in [0.3, 0.4) is 0 Å². The molecule has 8 heteroatoms. The van der Waals surface area contributed by atoms with Crippen molar-refractivity contribution in [3.8, 4) is 28.4 Å². The van der Waals surface area contributed by atoms with Gasteiger partial charge in [-0.1, -0.05) is 25.5 Å². The minimum absolute atomic E-state index is 0.193. The molecule has 0 aromatic heterocycles. The van der Waals surface area contributed by atoms with Gasteiger partial charge in [-0.3, -0.25) is 9.59 Å². The van der Waals surface area contributed by atoms with E-state index in [1.54, 1.807) is 26.4 Å². The molecule has 186 valence electrons. The smallest absolute Gasteiger partial charge is 0.252 e. The fourth-order valence-corrected chi connectivity index (χ4v) is 3.54. The topological polar surface area (TPSA) is 89.1 Å². The van der Waals surface area contributed by atoms with Gasteiger partial charge in [0.2, 0.25) is 5.91 Å². The molecule has 34 heavy (non-hydrogen) atoms. The first-order chi connectivity index (χ1) is 16.3. The van der Waals surface area contributed by atoms with Crippen LogP contribution in [-0.2, 0) is 4.79 Å². The standard InChI is InChI=1S/C26H37N3O5/c1-7-9-21(26(31)27-14-15-29(3)4)28-25(30)19-16-22(32-5)24(23(17-19)33-6)18-10-12-20(13-11-18)34-8-2/h10-13,16-17,21H,7-9,14-15H2,1-6H3,(H,27,31)(H,28,30)/t21-/m0/s1. The van der Waals surface area contributed by atoms with Crippen LogP contribution in [0, 0.1) is 0 Å². The second-order valence-corrected chi connectivity index (χ2v) is 8.12. The number of carbonyl (C=O) groups excluding carboxylic acids is 2. The summed E-state index contributed by atoms with van der Waals surface area (Å²) in [6.45, 7) is 5.73. The monoisotopic (exact) mass is 471 g/mol. The van der Waals surface area contributed by atoms with Gasteiger partial charge in [0.15, 0.2) is 0 Å². The molecular weight excluding hydrogens is 434 g/mol. The van der Waals surface area contributed by atoms with E-state index in [9.17, 15) is 9.59 Å². The van der Waals surface area contributed by atoms with E-state index in [2.05, 4.69) is 10.6 Å². The molecule has 0 heterocycles. The molecule has 0 unspecified atom stereocenters. The molecule has 0 aliphatic carbocycles. The maximum Gasteiger partial charge on any atom is 0.252 e. The average Bonchev–Trinajstić information content (AvgIpc) is 2.83. The Balaban J connectivity index is 2.28. The molecule has 2 amide bonds. The van der Waals surface area contributed by atoms with Crippen molar-refractivity contribution in [2.75, 3.05) is 48.0 Å². The quantitative estimate of drug-likeness (QED) is 0.466. The number of hydrogen-bond donors (Lipinski definition) is 2. The summed E-state index contributed by atoms with van der Waals surface area (Å²) in [5.74, 6) is 1.20. The summed E-state index contributed by atoms with van der Waals surface area (Å²) in [7, 11) is 6.98. The minimum Gasteiger partial charge on any atom is -0.496 e. The van der Waals surface area contributed by atoms with Gasteiger partial charge in [0, 0.05) is 18.7 Å². The van der Waals surface area contributed by atoms with E-state index in [1.165, 1.54) is 0 Å². The zero-order valence-corrected chi connectivity index (χ0v) is 21.1. The highest BCUT2D eigenvalue weighted by atomic mass is 16.5. The first-order valence-electron chi connectivity index (χ1n) is 11.6. The third-order valence-electron chi connectivity index (χ3n) is 5.28. The van der Waals surface area contributed by atoms with Crippen LogP contribution in [0.15, 0.2) is 36.4 Å². The van der Waals surface area contributed by atoms with Gasteiger partial charge in [0.1, 0.15) is 23.3 Å². The van der Waals surface area contributed by atoms with Gasteiger partial charge in [-0.05, 0) is 57.3 Å². The number of benzene rings is 2. The summed E-state index contributed by atoms with van der Waals surface area (Å²) in [5, 5.41) is 5.75. The Labute approximate surface area is 202 Å². The van der Waals surface area contributed by atoms with Gasteiger partial charge < -0.3 is 29.7 Å². The molecular formula is C26H37N3O5. The van der Waals surface area contributed by atoms with Crippen LogP contribution in [-0.4, -0.2) is 70.8 Å². The third kappa shape index (κ3) is 7.38. The van der Waals surface area contributed by atoms with Crippen molar-refractivity contribution in [2.24, 2.45) is 0 Å². The molecule has 0 spiro atoms. The number of carbonyl (C=O) groups is 2. The second kappa shape index (κ2) is 13.4. The van der Waals surface area contributed by atoms with Gasteiger partial charge in [-0.15, -0.1) is 0 Å². The van der Waals surface area contributed by atoms with Crippen molar-refractivity contribution in [1.82, 2.24) is 15.5 Å². The van der Waals surface area contributed by atoms with Crippen molar-refractivity contribution in [1.29, 1.82) is 0 Å². The molecule has 2 N–H and O–H groups in total. The van der Waals surface area contributed by atoms with Crippen molar-refractivity contribution in [3.05, 3.63) is 42.0 Å². The van der Waals surface area contributed by atoms with Crippen LogP contribution >= 0.6 is 0 Å². The molecule has 0 saturated heterocycles. The molecule has 0 fully saturated rings. The lowest BCUT2D eigenvalue weighted by Crippen LogP contribution is -2.47. The van der Waals surface area contributed by atoms with Crippen LogP contribution < -0.4 is 24.8 Å². The molecule has 2 aromatic rings. The van der Waals surface area contributed by atoms with E-state index in [0.717, 1.165) is 29.8 Å². The molecule has 1 atom stereocenters. The molecule has 0 aliphatic rings. The highest BCUT2D eigenvalue weighted by Gasteiger charge is 2.23. The summed E-state index contributed by atoms with van der Waals surface area (Å²) < 4.78 is 16.7. The second-order valence-electron chi connectivity index (χ2n) is 8.12. The molecule has 0 saturated carbocycles. The SMILES string of the molecule is CCC[C@H](NC(=O)c1cc(OC)c(-c2ccc(OCC)cc2)c(OC)c1)C(=O)NCCN(C)C. The number of methoxy groups -OCH3 is 2. The largest absolute Gasteiger partial charge is 0.496 e. The van der Waals surface area contributed by atoms with Gasteiger partial charge in [-0.2, -0.15) is 0 Å². The number of nitrogens with zero attached hydrogens (tertiary/aromatic N) is 1. The normalized spacial score (nSPS) is 11.6. The summed E-state index contributed by atoms with van der Waals surface area (Å²) in [6, 6.07) is 10.3. The Kier molecular flexibility index (Phi) is 10.7. The zero-order valence-electron chi connectivity index (χ0n) is 21.1. The first-order valence-corrected chi connectivity index (χ1v) is 11.6. The van der Waals surface area contributed by atoms with Gasteiger partial charge >= 0.3 is 0 Å². The molecule has 2 rings (SSSR count). The van der Waals surface area contributed by atoms with Crippen molar-refractivity contribution in [2.45, 2.75) is 32.7 Å². The number of rotatable bonds is 13. The predicted octanol–water partition coefficient (Wildman–Crippen LogP) is 3.35. The summed E-state index contributed by atoms with van der Waals surface area (Å²) in [5.41, 5.74) is 1.95. The number of likely N-dealkylation sites (N-methyl/N-ethyl adjacent to an activating group) is 1. The Morgan fingerprint density at radius 1 is 1.00 bits per heavy atom. The highest BCUT2D eigenvalue weighted by Crippen LogP contribution is 2.40. The molecule has 0 aliphatic heterocycles. The molecule has 0 radical (unpaired) electrons. The van der Waals surface area contributed by atoms with Crippen molar-refractivity contribution >= 4 is 11.8 Å². The summed E-state index contributed by atoms with van der Waals surface area (Å²) in [4.78, 5) is 27.7. The first kappa shape index (κ1) is 27.0. The molecule has 2 aromatic carbocycles. The number of amides is 2. The molecule has 8 nitrogen and oxygen atoms in total. The van der Waals surface area contributed by atoms with E-state index < -0.39 is 6.04 Å². The molecule has 0 bridgehead atoms. The fraction of sp³-hybridized carbons (Fsp3) is 0.462. The van der Waals surface area contributed by atoms with Crippen LogP contribution in [0.25, 0.3) is 11.1 Å². The Bertz CT molecular complexity index is 919. The fourth-order valence-electron chi connectivity index (χ4n) is 3.54. The number of ether oxygens (including phenoxy) is 3. The van der Waals surface area contributed by atoms with Crippen molar-refractivity contribution in [3.63, 3.8) is 0 Å². The van der Waals surface area contributed by atoms with E-state index in [0.29, 0.717) is 36.6 Å². The van der Waals surface area contributed by atoms with E-state index in [4.69, 9.17) is 14.2 Å². The Morgan fingerprint density at radius 3 is 2.12 bits per heavy atom. The number of hydrogen-bond acceptors (Lipinski definition) is 6. The van der Waals surface area contributed by atoms with Crippen molar-refractivity contribution < 1.29 is 23.8 Å². The average molecular weight is 472 g/mol. The van der Waals surface area contributed by atoms with E-state index in [1.807, 2.05) is 57.1 Å². The Hall–Kier alpha value is -3.26. The van der Waals surface area contributed by atoms with Crippen LogP contribution in [0.4, 0.5) is 0 Å². The summed E-state index contributed by atoms with van der Waals surface area (Å²) >= 11 is 0. The maximum absolute atomic E-state index is 13.1. The maximum atomic E-state index is 13.1. The van der Waals surface area contributed by atoms with Crippen LogP contribution in [0.1, 0.15) is 37.0 Å². The van der Waals surface area contributed by atoms with Crippen LogP contribution in [0.5, 0.6) is 17.2 Å². The van der Waals surface area contributed by atoms with E-state index in [-0.39, 0.29) is 11.8 Å².